The third kappa shape index (κ3) is 3.32. The van der Waals surface area contributed by atoms with Gasteiger partial charge < -0.3 is 15.1 Å². The van der Waals surface area contributed by atoms with Crippen molar-refractivity contribution in [2.45, 2.75) is 39.2 Å². The van der Waals surface area contributed by atoms with E-state index < -0.39 is 23.4 Å². The standard InChI is InChI=1S/C20H23N3O4/c1-12(2)14-8-5-7-13(3)17(14)21-16(24)11-23-18(25)20(4,22-19(23)26)15-9-6-10-27-15/h5-10,12H,11H2,1-4H3,(H,21,24)(H,22,26)/t20-/m1/s1. The zero-order valence-electron chi connectivity index (χ0n) is 15.8. The van der Waals surface area contributed by atoms with Crippen LogP contribution in [-0.2, 0) is 15.1 Å². The number of benzene rings is 1. The number of amides is 4. The molecule has 7 heteroatoms. The number of imide groups is 1. The first-order valence-corrected chi connectivity index (χ1v) is 8.81. The van der Waals surface area contributed by atoms with Crippen molar-refractivity contribution in [1.29, 1.82) is 0 Å². The number of hydrogen-bond acceptors (Lipinski definition) is 4. The third-order valence-corrected chi connectivity index (χ3v) is 4.78. The Balaban J connectivity index is 1.78. The molecule has 142 valence electrons. The number of carbonyl (C=O) groups excluding carboxylic acids is 3. The van der Waals surface area contributed by atoms with Gasteiger partial charge in [0.05, 0.1) is 6.26 Å². The molecule has 0 unspecified atom stereocenters. The number of nitrogens with one attached hydrogen (secondary N) is 2. The molecule has 0 bridgehead atoms. The van der Waals surface area contributed by atoms with Crippen LogP contribution in [0, 0.1) is 6.92 Å². The third-order valence-electron chi connectivity index (χ3n) is 4.78. The highest BCUT2D eigenvalue weighted by Crippen LogP contribution is 2.30. The summed E-state index contributed by atoms with van der Waals surface area (Å²) >= 11 is 0. The van der Waals surface area contributed by atoms with Crippen molar-refractivity contribution >= 4 is 23.5 Å². The SMILES string of the molecule is Cc1cccc(C(C)C)c1NC(=O)CN1C(=O)N[C@](C)(c2ccco2)C1=O. The zero-order chi connectivity index (χ0) is 19.8. The van der Waals surface area contributed by atoms with Crippen molar-refractivity contribution in [2.75, 3.05) is 11.9 Å². The second kappa shape index (κ2) is 6.90. The van der Waals surface area contributed by atoms with Crippen LogP contribution in [-0.4, -0.2) is 29.3 Å². The molecule has 2 heterocycles. The van der Waals surface area contributed by atoms with Crippen LogP contribution in [0.4, 0.5) is 10.5 Å². The first-order valence-electron chi connectivity index (χ1n) is 8.81. The smallest absolute Gasteiger partial charge is 0.325 e. The summed E-state index contributed by atoms with van der Waals surface area (Å²) in [7, 11) is 0. The highest BCUT2D eigenvalue weighted by Gasteiger charge is 2.51. The highest BCUT2D eigenvalue weighted by molar-refractivity contribution is 6.10. The second-order valence-electron chi connectivity index (χ2n) is 7.17. The van der Waals surface area contributed by atoms with E-state index in [1.165, 1.54) is 6.26 Å². The first-order chi connectivity index (χ1) is 12.7. The van der Waals surface area contributed by atoms with Gasteiger partial charge in [-0.1, -0.05) is 32.0 Å². The van der Waals surface area contributed by atoms with Gasteiger partial charge in [0.25, 0.3) is 5.91 Å². The molecule has 1 saturated heterocycles. The summed E-state index contributed by atoms with van der Waals surface area (Å²) in [6.07, 6.45) is 1.43. The van der Waals surface area contributed by atoms with E-state index in [1.54, 1.807) is 19.1 Å². The van der Waals surface area contributed by atoms with Crippen LogP contribution in [0.5, 0.6) is 0 Å². The number of aryl methyl sites for hydroxylation is 1. The summed E-state index contributed by atoms with van der Waals surface area (Å²) in [5.41, 5.74) is 1.33. The van der Waals surface area contributed by atoms with E-state index in [1.807, 2.05) is 39.0 Å². The molecule has 0 radical (unpaired) electrons. The minimum Gasteiger partial charge on any atom is -0.466 e. The number of nitrogens with zero attached hydrogens (tertiary/aromatic N) is 1. The number of rotatable bonds is 5. The van der Waals surface area contributed by atoms with Gasteiger partial charge in [-0.2, -0.15) is 0 Å². The van der Waals surface area contributed by atoms with Crippen LogP contribution in [0.3, 0.4) is 0 Å². The van der Waals surface area contributed by atoms with Crippen LogP contribution in [0.25, 0.3) is 0 Å². The number of furan rings is 1. The molecular weight excluding hydrogens is 346 g/mol. The average Bonchev–Trinajstić information content (AvgIpc) is 3.21. The molecule has 1 aromatic carbocycles. The fraction of sp³-hybridized carbons (Fsp3) is 0.350. The van der Waals surface area contributed by atoms with Gasteiger partial charge in [-0.25, -0.2) is 4.79 Å². The van der Waals surface area contributed by atoms with Crippen molar-refractivity contribution in [2.24, 2.45) is 0 Å². The van der Waals surface area contributed by atoms with E-state index in [4.69, 9.17) is 4.42 Å². The van der Waals surface area contributed by atoms with Crippen molar-refractivity contribution in [3.05, 3.63) is 53.5 Å². The Hall–Kier alpha value is -3.09. The largest absolute Gasteiger partial charge is 0.466 e. The average molecular weight is 369 g/mol. The summed E-state index contributed by atoms with van der Waals surface area (Å²) in [5.74, 6) is -0.409. The molecule has 4 amide bonds. The van der Waals surface area contributed by atoms with Gasteiger partial charge in [-0.3, -0.25) is 14.5 Å². The summed E-state index contributed by atoms with van der Waals surface area (Å²) in [4.78, 5) is 38.6. The lowest BCUT2D eigenvalue weighted by atomic mass is 9.98. The second-order valence-corrected chi connectivity index (χ2v) is 7.17. The molecule has 0 saturated carbocycles. The van der Waals surface area contributed by atoms with Gasteiger partial charge in [-0.15, -0.1) is 0 Å². The van der Waals surface area contributed by atoms with Gasteiger partial charge in [0.15, 0.2) is 5.54 Å². The topological polar surface area (TPSA) is 91.7 Å². The number of anilines is 1. The van der Waals surface area contributed by atoms with Crippen LogP contribution < -0.4 is 10.6 Å². The fourth-order valence-corrected chi connectivity index (χ4v) is 3.24. The Morgan fingerprint density at radius 3 is 2.63 bits per heavy atom. The zero-order valence-corrected chi connectivity index (χ0v) is 15.8. The summed E-state index contributed by atoms with van der Waals surface area (Å²) in [5, 5.41) is 5.46. The predicted octanol–water partition coefficient (Wildman–Crippen LogP) is 3.12. The lowest BCUT2D eigenvalue weighted by Crippen LogP contribution is -2.42. The molecule has 1 aliphatic heterocycles. The minimum absolute atomic E-state index is 0.221. The van der Waals surface area contributed by atoms with Crippen molar-refractivity contribution < 1.29 is 18.8 Å². The van der Waals surface area contributed by atoms with Crippen molar-refractivity contribution in [3.63, 3.8) is 0 Å². The van der Waals surface area contributed by atoms with E-state index >= 15 is 0 Å². The van der Waals surface area contributed by atoms with E-state index in [0.29, 0.717) is 5.76 Å². The van der Waals surface area contributed by atoms with Gasteiger partial charge in [0, 0.05) is 5.69 Å². The molecule has 1 aliphatic rings. The fourth-order valence-electron chi connectivity index (χ4n) is 3.24. The summed E-state index contributed by atoms with van der Waals surface area (Å²) < 4.78 is 5.28. The van der Waals surface area contributed by atoms with E-state index in [2.05, 4.69) is 10.6 Å². The highest BCUT2D eigenvalue weighted by atomic mass is 16.3. The molecule has 1 aromatic heterocycles. The van der Waals surface area contributed by atoms with E-state index in [0.717, 1.165) is 21.7 Å². The Bertz CT molecular complexity index is 889. The molecule has 0 spiro atoms. The van der Waals surface area contributed by atoms with Crippen LogP contribution in [0.2, 0.25) is 0 Å². The maximum absolute atomic E-state index is 12.8. The number of carbonyl (C=O) groups is 3. The molecule has 1 atom stereocenters. The van der Waals surface area contributed by atoms with Crippen LogP contribution in [0.15, 0.2) is 41.0 Å². The van der Waals surface area contributed by atoms with Gasteiger partial charge in [0.1, 0.15) is 12.3 Å². The monoisotopic (exact) mass is 369 g/mol. The molecule has 3 rings (SSSR count). The number of hydrogen-bond donors (Lipinski definition) is 2. The molecule has 27 heavy (non-hydrogen) atoms. The van der Waals surface area contributed by atoms with Crippen molar-refractivity contribution in [1.82, 2.24) is 10.2 Å². The van der Waals surface area contributed by atoms with Gasteiger partial charge in [0.2, 0.25) is 5.91 Å². The van der Waals surface area contributed by atoms with E-state index in [-0.39, 0.29) is 12.5 Å². The molecular formula is C20H23N3O4. The Kier molecular flexibility index (Phi) is 4.78. The normalized spacial score (nSPS) is 19.5. The molecule has 0 aliphatic carbocycles. The van der Waals surface area contributed by atoms with Crippen LogP contribution in [0.1, 0.15) is 43.6 Å². The molecule has 7 nitrogen and oxygen atoms in total. The molecule has 2 aromatic rings. The lowest BCUT2D eigenvalue weighted by Gasteiger charge is -2.20. The maximum atomic E-state index is 12.8. The van der Waals surface area contributed by atoms with Crippen molar-refractivity contribution in [3.8, 4) is 0 Å². The Labute approximate surface area is 157 Å². The molecule has 1 fully saturated rings. The van der Waals surface area contributed by atoms with Gasteiger partial charge >= 0.3 is 6.03 Å². The van der Waals surface area contributed by atoms with Gasteiger partial charge in [-0.05, 0) is 43.0 Å². The quantitative estimate of drug-likeness (QED) is 0.792. The molecule has 2 N–H and O–H groups in total. The minimum atomic E-state index is -1.31. The first kappa shape index (κ1) is 18.7. The summed E-state index contributed by atoms with van der Waals surface area (Å²) in [6, 6.07) is 8.43. The van der Waals surface area contributed by atoms with E-state index in [9.17, 15) is 14.4 Å². The Morgan fingerprint density at radius 2 is 2.00 bits per heavy atom. The Morgan fingerprint density at radius 1 is 1.26 bits per heavy atom. The number of urea groups is 1. The predicted molar refractivity (Wildman–Crippen MR) is 100 cm³/mol. The summed E-state index contributed by atoms with van der Waals surface area (Å²) in [6.45, 7) is 7.17. The maximum Gasteiger partial charge on any atom is 0.325 e. The van der Waals surface area contributed by atoms with Crippen LogP contribution >= 0.6 is 0 Å². The lowest BCUT2D eigenvalue weighted by molar-refractivity contribution is -0.134. The number of para-hydroxylation sites is 1.